The van der Waals surface area contributed by atoms with Gasteiger partial charge in [0.1, 0.15) is 0 Å². The molecule has 0 saturated heterocycles. The third-order valence-electron chi connectivity index (χ3n) is 4.87. The fourth-order valence-electron chi connectivity index (χ4n) is 3.51. The maximum Gasteiger partial charge on any atom is 0.244 e. The van der Waals surface area contributed by atoms with Gasteiger partial charge in [-0.15, -0.1) is 0 Å². The highest BCUT2D eigenvalue weighted by Crippen LogP contribution is 2.32. The summed E-state index contributed by atoms with van der Waals surface area (Å²) >= 11 is 0. The van der Waals surface area contributed by atoms with Gasteiger partial charge in [-0.3, -0.25) is 9.78 Å². The van der Waals surface area contributed by atoms with Crippen molar-refractivity contribution in [1.29, 1.82) is 0 Å². The van der Waals surface area contributed by atoms with Crippen LogP contribution in [0.3, 0.4) is 0 Å². The number of benzene rings is 2. The second-order valence-corrected chi connectivity index (χ2v) is 6.62. The van der Waals surface area contributed by atoms with Crippen LogP contribution in [-0.2, 0) is 17.6 Å². The van der Waals surface area contributed by atoms with Gasteiger partial charge in [0.05, 0.1) is 6.04 Å². The van der Waals surface area contributed by atoms with Gasteiger partial charge in [0.2, 0.25) is 5.91 Å². The van der Waals surface area contributed by atoms with E-state index in [0.29, 0.717) is 13.0 Å². The molecule has 0 bridgehead atoms. The van der Waals surface area contributed by atoms with Crippen LogP contribution in [0.25, 0.3) is 11.1 Å². The summed E-state index contributed by atoms with van der Waals surface area (Å²) in [7, 11) is 0. The lowest BCUT2D eigenvalue weighted by molar-refractivity contribution is -0.119. The number of hydrogen-bond acceptors (Lipinski definition) is 3. The number of hydrogen-bond donors (Lipinski definition) is 1. The fraction of sp³-hybridized carbons (Fsp3) is 0.182. The summed E-state index contributed by atoms with van der Waals surface area (Å²) in [6, 6.07) is 19.6. The molecule has 130 valence electrons. The molecule has 4 nitrogen and oxygen atoms in total. The smallest absolute Gasteiger partial charge is 0.244 e. The highest BCUT2D eigenvalue weighted by atomic mass is 16.2. The predicted molar refractivity (Wildman–Crippen MR) is 104 cm³/mol. The van der Waals surface area contributed by atoms with Crippen molar-refractivity contribution < 1.29 is 4.79 Å². The molecule has 1 atom stereocenters. The average molecular weight is 343 g/mol. The molecule has 0 radical (unpaired) electrons. The Labute approximate surface area is 153 Å². The fourth-order valence-corrected chi connectivity index (χ4v) is 3.51. The Balaban J connectivity index is 1.53. The van der Waals surface area contributed by atoms with Gasteiger partial charge < -0.3 is 10.6 Å². The number of nitrogens with zero attached hydrogens (tertiary/aromatic N) is 2. The lowest BCUT2D eigenvalue weighted by Crippen LogP contribution is -2.44. The number of carbonyl (C=O) groups is 1. The first-order chi connectivity index (χ1) is 12.7. The van der Waals surface area contributed by atoms with Crippen LogP contribution in [0.2, 0.25) is 0 Å². The normalized spacial score (nSPS) is 14.1. The lowest BCUT2D eigenvalue weighted by atomic mass is 10.0. The Kier molecular flexibility index (Phi) is 4.50. The van der Waals surface area contributed by atoms with Crippen LogP contribution in [0.1, 0.15) is 11.1 Å². The van der Waals surface area contributed by atoms with E-state index in [2.05, 4.69) is 17.1 Å². The Hall–Kier alpha value is -2.98. The van der Waals surface area contributed by atoms with E-state index in [1.165, 1.54) is 5.56 Å². The number of anilines is 1. The zero-order chi connectivity index (χ0) is 17.9. The number of amides is 1. The first-order valence-corrected chi connectivity index (χ1v) is 8.86. The number of aromatic nitrogens is 1. The van der Waals surface area contributed by atoms with Crippen molar-refractivity contribution in [2.24, 2.45) is 5.73 Å². The van der Waals surface area contributed by atoms with Gasteiger partial charge in [-0.25, -0.2) is 0 Å². The summed E-state index contributed by atoms with van der Waals surface area (Å²) in [5, 5.41) is 0. The molecule has 2 N–H and O–H groups in total. The van der Waals surface area contributed by atoms with Crippen LogP contribution >= 0.6 is 0 Å². The van der Waals surface area contributed by atoms with E-state index in [9.17, 15) is 4.79 Å². The van der Waals surface area contributed by atoms with Crippen molar-refractivity contribution in [2.45, 2.75) is 18.9 Å². The van der Waals surface area contributed by atoms with Gasteiger partial charge in [0.25, 0.3) is 0 Å². The summed E-state index contributed by atoms with van der Waals surface area (Å²) in [6.45, 7) is 0.691. The SMILES string of the molecule is N[C@@H](Cc1ccccc1)C(=O)N1CCc2cc(-c3ccncc3)ccc21. The average Bonchev–Trinajstić information content (AvgIpc) is 3.12. The molecule has 3 aromatic rings. The van der Waals surface area contributed by atoms with E-state index in [1.54, 1.807) is 12.4 Å². The molecule has 1 amide bonds. The van der Waals surface area contributed by atoms with E-state index in [0.717, 1.165) is 28.8 Å². The van der Waals surface area contributed by atoms with E-state index in [4.69, 9.17) is 5.73 Å². The number of nitrogens with two attached hydrogens (primary N) is 1. The van der Waals surface area contributed by atoms with E-state index >= 15 is 0 Å². The third kappa shape index (κ3) is 3.24. The Morgan fingerprint density at radius 3 is 2.58 bits per heavy atom. The maximum absolute atomic E-state index is 12.9. The molecule has 2 aromatic carbocycles. The molecular formula is C22H21N3O. The molecule has 0 unspecified atom stereocenters. The highest BCUT2D eigenvalue weighted by molar-refractivity contribution is 5.99. The topological polar surface area (TPSA) is 59.2 Å². The minimum atomic E-state index is -0.525. The van der Waals surface area contributed by atoms with Crippen LogP contribution in [0.4, 0.5) is 5.69 Å². The molecule has 26 heavy (non-hydrogen) atoms. The van der Waals surface area contributed by atoms with Gasteiger partial charge in [-0.05, 0) is 59.4 Å². The molecule has 1 aliphatic rings. The van der Waals surface area contributed by atoms with Crippen LogP contribution < -0.4 is 10.6 Å². The van der Waals surface area contributed by atoms with Gasteiger partial charge in [0, 0.05) is 24.6 Å². The second-order valence-electron chi connectivity index (χ2n) is 6.62. The second kappa shape index (κ2) is 7.10. The van der Waals surface area contributed by atoms with Crippen LogP contribution in [0, 0.1) is 0 Å². The predicted octanol–water partition coefficient (Wildman–Crippen LogP) is 3.21. The molecule has 4 heteroatoms. The molecule has 0 saturated carbocycles. The highest BCUT2D eigenvalue weighted by Gasteiger charge is 2.28. The molecule has 0 fully saturated rings. The minimum Gasteiger partial charge on any atom is -0.320 e. The van der Waals surface area contributed by atoms with E-state index in [1.807, 2.05) is 53.4 Å². The summed E-state index contributed by atoms with van der Waals surface area (Å²) in [6.07, 6.45) is 5.00. The standard InChI is InChI=1S/C22H21N3O/c23-20(14-16-4-2-1-3-5-16)22(26)25-13-10-19-15-18(6-7-21(19)25)17-8-11-24-12-9-17/h1-9,11-12,15,20H,10,13-14,23H2/t20-/m0/s1. The van der Waals surface area contributed by atoms with Gasteiger partial charge >= 0.3 is 0 Å². The summed E-state index contributed by atoms with van der Waals surface area (Å²) < 4.78 is 0. The molecular weight excluding hydrogens is 322 g/mol. The number of carbonyl (C=O) groups excluding carboxylic acids is 1. The Morgan fingerprint density at radius 1 is 1.04 bits per heavy atom. The third-order valence-corrected chi connectivity index (χ3v) is 4.87. The summed E-state index contributed by atoms with van der Waals surface area (Å²) in [5.74, 6) is -0.00994. The van der Waals surface area contributed by atoms with E-state index < -0.39 is 6.04 Å². The number of fused-ring (bicyclic) bond motifs is 1. The van der Waals surface area contributed by atoms with Crippen molar-refractivity contribution >= 4 is 11.6 Å². The molecule has 4 rings (SSSR count). The van der Waals surface area contributed by atoms with Crippen molar-refractivity contribution in [3.8, 4) is 11.1 Å². The first-order valence-electron chi connectivity index (χ1n) is 8.86. The van der Waals surface area contributed by atoms with Gasteiger partial charge in [-0.1, -0.05) is 36.4 Å². The van der Waals surface area contributed by atoms with Crippen LogP contribution in [-0.4, -0.2) is 23.5 Å². The van der Waals surface area contributed by atoms with Crippen molar-refractivity contribution in [2.75, 3.05) is 11.4 Å². The van der Waals surface area contributed by atoms with Crippen molar-refractivity contribution in [3.05, 3.63) is 84.2 Å². The van der Waals surface area contributed by atoms with E-state index in [-0.39, 0.29) is 5.91 Å². The van der Waals surface area contributed by atoms with Crippen LogP contribution in [0.15, 0.2) is 73.1 Å². The van der Waals surface area contributed by atoms with Gasteiger partial charge in [-0.2, -0.15) is 0 Å². The number of pyridine rings is 1. The zero-order valence-electron chi connectivity index (χ0n) is 14.5. The van der Waals surface area contributed by atoms with Crippen molar-refractivity contribution in [3.63, 3.8) is 0 Å². The Bertz CT molecular complexity index is 909. The summed E-state index contributed by atoms with van der Waals surface area (Å²) in [4.78, 5) is 18.8. The molecule has 2 heterocycles. The quantitative estimate of drug-likeness (QED) is 0.791. The first kappa shape index (κ1) is 16.5. The zero-order valence-corrected chi connectivity index (χ0v) is 14.5. The largest absolute Gasteiger partial charge is 0.320 e. The molecule has 0 spiro atoms. The molecule has 0 aliphatic carbocycles. The van der Waals surface area contributed by atoms with Crippen molar-refractivity contribution in [1.82, 2.24) is 4.98 Å². The maximum atomic E-state index is 12.9. The summed E-state index contributed by atoms with van der Waals surface area (Å²) in [5.41, 5.74) is 11.7. The number of rotatable bonds is 4. The van der Waals surface area contributed by atoms with Gasteiger partial charge in [0.15, 0.2) is 0 Å². The monoisotopic (exact) mass is 343 g/mol. The Morgan fingerprint density at radius 2 is 1.81 bits per heavy atom. The molecule has 1 aromatic heterocycles. The van der Waals surface area contributed by atoms with Crippen LogP contribution in [0.5, 0.6) is 0 Å². The molecule has 1 aliphatic heterocycles. The lowest BCUT2D eigenvalue weighted by Gasteiger charge is -2.22. The minimum absolute atomic E-state index is 0.00994.